The third-order valence-electron chi connectivity index (χ3n) is 3.33. The second-order valence-corrected chi connectivity index (χ2v) is 6.31. The molecule has 0 spiro atoms. The number of benzene rings is 1. The van der Waals surface area contributed by atoms with Crippen LogP contribution in [0.1, 0.15) is 44.4 Å². The average Bonchev–Trinajstić information content (AvgIpc) is 2.36. The van der Waals surface area contributed by atoms with Gasteiger partial charge in [-0.2, -0.15) is 0 Å². The highest BCUT2D eigenvalue weighted by Crippen LogP contribution is 2.28. The van der Waals surface area contributed by atoms with Gasteiger partial charge in [-0.05, 0) is 38.3 Å². The standard InChI is InChI=1S/C16H21NO4/c1-16(2,3)21-15(20)13-8-10-6-4-5-7-11(10)12(17-13)9-14(18)19/h4-7,12-13,17H,8-9H2,1-3H3,(H,18,19). The zero-order chi connectivity index (χ0) is 15.6. The summed E-state index contributed by atoms with van der Waals surface area (Å²) >= 11 is 0. The van der Waals surface area contributed by atoms with Crippen LogP contribution in [0, 0.1) is 0 Å². The summed E-state index contributed by atoms with van der Waals surface area (Å²) in [5, 5.41) is 12.2. The molecule has 0 fully saturated rings. The van der Waals surface area contributed by atoms with Crippen LogP contribution in [-0.2, 0) is 20.7 Å². The van der Waals surface area contributed by atoms with Crippen molar-refractivity contribution in [2.24, 2.45) is 0 Å². The second kappa shape index (κ2) is 5.85. The molecule has 0 saturated carbocycles. The quantitative estimate of drug-likeness (QED) is 0.834. The van der Waals surface area contributed by atoms with Crippen molar-refractivity contribution < 1.29 is 19.4 Å². The third-order valence-corrected chi connectivity index (χ3v) is 3.33. The summed E-state index contributed by atoms with van der Waals surface area (Å²) in [6, 6.07) is 6.73. The first-order chi connectivity index (χ1) is 9.76. The van der Waals surface area contributed by atoms with Gasteiger partial charge in [-0.3, -0.25) is 14.9 Å². The van der Waals surface area contributed by atoms with Crippen molar-refractivity contribution in [3.05, 3.63) is 35.4 Å². The molecule has 0 bridgehead atoms. The predicted molar refractivity (Wildman–Crippen MR) is 77.9 cm³/mol. The lowest BCUT2D eigenvalue weighted by atomic mass is 9.88. The van der Waals surface area contributed by atoms with Gasteiger partial charge in [0.15, 0.2) is 0 Å². The lowest BCUT2D eigenvalue weighted by Crippen LogP contribution is -2.47. The van der Waals surface area contributed by atoms with E-state index in [9.17, 15) is 9.59 Å². The maximum absolute atomic E-state index is 12.2. The molecule has 1 aliphatic heterocycles. The second-order valence-electron chi connectivity index (χ2n) is 6.31. The first-order valence-electron chi connectivity index (χ1n) is 7.05. The van der Waals surface area contributed by atoms with Crippen LogP contribution in [0.25, 0.3) is 0 Å². The molecule has 21 heavy (non-hydrogen) atoms. The molecule has 0 aromatic heterocycles. The van der Waals surface area contributed by atoms with Gasteiger partial charge in [-0.25, -0.2) is 0 Å². The van der Waals surface area contributed by atoms with Crippen LogP contribution in [0.15, 0.2) is 24.3 Å². The van der Waals surface area contributed by atoms with Crippen molar-refractivity contribution in [1.82, 2.24) is 5.32 Å². The van der Waals surface area contributed by atoms with Crippen molar-refractivity contribution in [2.75, 3.05) is 0 Å². The Labute approximate surface area is 124 Å². The minimum absolute atomic E-state index is 0.0592. The first kappa shape index (κ1) is 15.5. The van der Waals surface area contributed by atoms with Gasteiger partial charge in [-0.1, -0.05) is 24.3 Å². The van der Waals surface area contributed by atoms with E-state index in [0.29, 0.717) is 6.42 Å². The number of fused-ring (bicyclic) bond motifs is 1. The molecule has 2 N–H and O–H groups in total. The van der Waals surface area contributed by atoms with E-state index in [0.717, 1.165) is 11.1 Å². The van der Waals surface area contributed by atoms with E-state index in [-0.39, 0.29) is 18.4 Å². The zero-order valence-corrected chi connectivity index (χ0v) is 12.6. The van der Waals surface area contributed by atoms with Crippen molar-refractivity contribution >= 4 is 11.9 Å². The lowest BCUT2D eigenvalue weighted by molar-refractivity contribution is -0.158. The molecule has 2 unspecified atom stereocenters. The van der Waals surface area contributed by atoms with E-state index in [2.05, 4.69) is 5.32 Å². The number of rotatable bonds is 3. The Morgan fingerprint density at radius 3 is 2.62 bits per heavy atom. The van der Waals surface area contributed by atoms with E-state index in [1.807, 2.05) is 45.0 Å². The lowest BCUT2D eigenvalue weighted by Gasteiger charge is -2.33. The Hall–Kier alpha value is -1.88. The summed E-state index contributed by atoms with van der Waals surface area (Å²) in [6.07, 6.45) is 0.456. The summed E-state index contributed by atoms with van der Waals surface area (Å²) in [5.41, 5.74) is 1.39. The maximum Gasteiger partial charge on any atom is 0.324 e. The molecule has 0 aliphatic carbocycles. The first-order valence-corrected chi connectivity index (χ1v) is 7.05. The molecule has 114 valence electrons. The van der Waals surface area contributed by atoms with E-state index < -0.39 is 17.6 Å². The molecule has 2 atom stereocenters. The van der Waals surface area contributed by atoms with Gasteiger partial charge in [0.25, 0.3) is 0 Å². The fourth-order valence-corrected chi connectivity index (χ4v) is 2.54. The molecule has 0 amide bonds. The Kier molecular flexibility index (Phi) is 4.32. The van der Waals surface area contributed by atoms with E-state index in [1.54, 1.807) is 0 Å². The Balaban J connectivity index is 2.21. The number of hydrogen-bond donors (Lipinski definition) is 2. The summed E-state index contributed by atoms with van der Waals surface area (Å²) in [5.74, 6) is -1.24. The molecule has 1 aliphatic rings. The van der Waals surface area contributed by atoms with Crippen LogP contribution in [0.2, 0.25) is 0 Å². The van der Waals surface area contributed by atoms with Gasteiger partial charge in [-0.15, -0.1) is 0 Å². The highest BCUT2D eigenvalue weighted by Gasteiger charge is 2.33. The molecular formula is C16H21NO4. The number of carboxylic acid groups (broad SMARTS) is 1. The molecule has 0 radical (unpaired) electrons. The molecule has 5 heteroatoms. The summed E-state index contributed by atoms with van der Waals surface area (Å²) in [4.78, 5) is 23.2. The van der Waals surface area contributed by atoms with Crippen molar-refractivity contribution in [3.63, 3.8) is 0 Å². The predicted octanol–water partition coefficient (Wildman–Crippen LogP) is 2.06. The van der Waals surface area contributed by atoms with Gasteiger partial charge in [0.05, 0.1) is 6.42 Å². The molecule has 5 nitrogen and oxygen atoms in total. The SMILES string of the molecule is CC(C)(C)OC(=O)C1Cc2ccccc2C(CC(=O)O)N1. The summed E-state index contributed by atoms with van der Waals surface area (Å²) < 4.78 is 5.40. The Bertz CT molecular complexity index is 547. The molecule has 1 aromatic rings. The number of hydrogen-bond acceptors (Lipinski definition) is 4. The van der Waals surface area contributed by atoms with E-state index in [1.165, 1.54) is 0 Å². The van der Waals surface area contributed by atoms with Gasteiger partial charge in [0.2, 0.25) is 0 Å². The number of carbonyl (C=O) groups excluding carboxylic acids is 1. The minimum Gasteiger partial charge on any atom is -0.481 e. The number of ether oxygens (including phenoxy) is 1. The van der Waals surface area contributed by atoms with Gasteiger partial charge in [0, 0.05) is 6.04 Å². The average molecular weight is 291 g/mol. The fourth-order valence-electron chi connectivity index (χ4n) is 2.54. The summed E-state index contributed by atoms with van der Waals surface area (Å²) in [6.45, 7) is 5.45. The molecule has 1 heterocycles. The third kappa shape index (κ3) is 4.04. The maximum atomic E-state index is 12.2. The van der Waals surface area contributed by atoms with Crippen molar-refractivity contribution in [3.8, 4) is 0 Å². The Morgan fingerprint density at radius 2 is 2.00 bits per heavy atom. The number of esters is 1. The fraction of sp³-hybridized carbons (Fsp3) is 0.500. The Morgan fingerprint density at radius 1 is 1.33 bits per heavy atom. The highest BCUT2D eigenvalue weighted by molar-refractivity contribution is 5.77. The van der Waals surface area contributed by atoms with Crippen LogP contribution < -0.4 is 5.32 Å². The van der Waals surface area contributed by atoms with Crippen LogP contribution >= 0.6 is 0 Å². The topological polar surface area (TPSA) is 75.6 Å². The largest absolute Gasteiger partial charge is 0.481 e. The van der Waals surface area contributed by atoms with Gasteiger partial charge >= 0.3 is 11.9 Å². The van der Waals surface area contributed by atoms with Crippen LogP contribution in [-0.4, -0.2) is 28.7 Å². The smallest absolute Gasteiger partial charge is 0.324 e. The van der Waals surface area contributed by atoms with Gasteiger partial charge in [0.1, 0.15) is 11.6 Å². The van der Waals surface area contributed by atoms with E-state index in [4.69, 9.17) is 9.84 Å². The van der Waals surface area contributed by atoms with Crippen LogP contribution in [0.3, 0.4) is 0 Å². The molecular weight excluding hydrogens is 270 g/mol. The van der Waals surface area contributed by atoms with Crippen LogP contribution in [0.5, 0.6) is 0 Å². The number of carbonyl (C=O) groups is 2. The number of nitrogens with one attached hydrogen (secondary N) is 1. The summed E-state index contributed by atoms with van der Waals surface area (Å²) in [7, 11) is 0. The minimum atomic E-state index is -0.896. The monoisotopic (exact) mass is 291 g/mol. The van der Waals surface area contributed by atoms with Crippen molar-refractivity contribution in [1.29, 1.82) is 0 Å². The molecule has 2 rings (SSSR count). The number of carboxylic acids is 1. The molecule has 0 saturated heterocycles. The number of aliphatic carboxylic acids is 1. The zero-order valence-electron chi connectivity index (χ0n) is 12.6. The van der Waals surface area contributed by atoms with Crippen molar-refractivity contribution in [2.45, 2.75) is 51.3 Å². The normalized spacial score (nSPS) is 21.5. The van der Waals surface area contributed by atoms with Gasteiger partial charge < -0.3 is 9.84 Å². The highest BCUT2D eigenvalue weighted by atomic mass is 16.6. The van der Waals surface area contributed by atoms with Crippen LogP contribution in [0.4, 0.5) is 0 Å². The molecule has 1 aromatic carbocycles. The van der Waals surface area contributed by atoms with E-state index >= 15 is 0 Å².